The number of nitrogens with one attached hydrogen (secondary N) is 1. The van der Waals surface area contributed by atoms with Crippen LogP contribution in [0.1, 0.15) is 36.1 Å². The monoisotopic (exact) mass is 527 g/mol. The number of piperazine rings is 1. The molecule has 2 fully saturated rings. The molecule has 6 rings (SSSR count). The fourth-order valence-corrected chi connectivity index (χ4v) is 7.40. The van der Waals surface area contributed by atoms with E-state index in [9.17, 15) is 5.26 Å². The zero-order valence-corrected chi connectivity index (χ0v) is 23.3. The summed E-state index contributed by atoms with van der Waals surface area (Å²) in [6.07, 6.45) is 3.98. The molecule has 38 heavy (non-hydrogen) atoms. The highest BCUT2D eigenvalue weighted by molar-refractivity contribution is 7.99. The Kier molecular flexibility index (Phi) is 7.42. The maximum atomic E-state index is 9.29. The number of anilines is 2. The summed E-state index contributed by atoms with van der Waals surface area (Å²) in [5, 5.41) is 16.3. The van der Waals surface area contributed by atoms with Crippen LogP contribution in [0.3, 0.4) is 0 Å². The van der Waals surface area contributed by atoms with Gasteiger partial charge in [0.15, 0.2) is 5.16 Å². The molecule has 0 spiro atoms. The molecule has 7 nitrogen and oxygen atoms in total. The van der Waals surface area contributed by atoms with Gasteiger partial charge in [-0.2, -0.15) is 5.26 Å². The second-order valence-electron chi connectivity index (χ2n) is 10.9. The van der Waals surface area contributed by atoms with Crippen LogP contribution >= 0.6 is 11.8 Å². The van der Waals surface area contributed by atoms with Crippen molar-refractivity contribution in [2.45, 2.75) is 56.4 Å². The normalized spacial score (nSPS) is 22.0. The van der Waals surface area contributed by atoms with Gasteiger partial charge in [-0.1, -0.05) is 42.1 Å². The van der Waals surface area contributed by atoms with Gasteiger partial charge in [0, 0.05) is 60.7 Å². The summed E-state index contributed by atoms with van der Waals surface area (Å²) in [5.41, 5.74) is 5.06. The van der Waals surface area contributed by atoms with E-state index >= 15 is 0 Å². The van der Waals surface area contributed by atoms with E-state index in [0.29, 0.717) is 12.5 Å². The average Bonchev–Trinajstić information content (AvgIpc) is 3.35. The molecular weight excluding hydrogens is 490 g/mol. The number of rotatable bonds is 6. The smallest absolute Gasteiger partial charge is 0.189 e. The molecule has 1 N–H and O–H groups in total. The van der Waals surface area contributed by atoms with E-state index in [1.165, 1.54) is 47.0 Å². The lowest BCUT2D eigenvalue weighted by molar-refractivity contribution is 0.335. The van der Waals surface area contributed by atoms with Crippen molar-refractivity contribution in [1.29, 1.82) is 5.26 Å². The highest BCUT2D eigenvalue weighted by Crippen LogP contribution is 2.36. The van der Waals surface area contributed by atoms with Gasteiger partial charge in [0.05, 0.1) is 24.7 Å². The van der Waals surface area contributed by atoms with Gasteiger partial charge in [0.2, 0.25) is 0 Å². The molecule has 0 saturated carbocycles. The highest BCUT2D eigenvalue weighted by atomic mass is 32.2. The second-order valence-corrected chi connectivity index (χ2v) is 11.9. The van der Waals surface area contributed by atoms with E-state index in [0.717, 1.165) is 61.6 Å². The molecule has 8 heteroatoms. The molecule has 0 bridgehead atoms. The SMILES string of the molecule is Cc1cccc2cccc(N3CCc4c(nc(SCC5CCCN5C)nc4N4CCN[C@@H](CC#N)C4)C3)c12. The fraction of sp³-hybridized carbons (Fsp3) is 0.500. The number of fused-ring (bicyclic) bond motifs is 2. The molecule has 2 atom stereocenters. The van der Waals surface area contributed by atoms with Crippen LogP contribution in [0.25, 0.3) is 10.8 Å². The first-order valence-corrected chi connectivity index (χ1v) is 14.9. The quantitative estimate of drug-likeness (QED) is 0.374. The van der Waals surface area contributed by atoms with Crippen molar-refractivity contribution < 1.29 is 0 Å². The highest BCUT2D eigenvalue weighted by Gasteiger charge is 2.29. The van der Waals surface area contributed by atoms with Crippen LogP contribution in [0.2, 0.25) is 0 Å². The molecule has 1 aromatic heterocycles. The van der Waals surface area contributed by atoms with Gasteiger partial charge in [0.1, 0.15) is 5.82 Å². The van der Waals surface area contributed by atoms with E-state index in [1.807, 2.05) is 11.8 Å². The van der Waals surface area contributed by atoms with Crippen molar-refractivity contribution in [1.82, 2.24) is 20.2 Å². The van der Waals surface area contributed by atoms with E-state index in [4.69, 9.17) is 9.97 Å². The number of benzene rings is 2. The van der Waals surface area contributed by atoms with Gasteiger partial charge in [-0.15, -0.1) is 0 Å². The summed E-state index contributed by atoms with van der Waals surface area (Å²) in [4.78, 5) is 17.7. The molecule has 3 aliphatic heterocycles. The van der Waals surface area contributed by atoms with Crippen molar-refractivity contribution in [2.75, 3.05) is 55.3 Å². The van der Waals surface area contributed by atoms with Crippen molar-refractivity contribution in [3.8, 4) is 6.07 Å². The average molecular weight is 528 g/mol. The van der Waals surface area contributed by atoms with Crippen LogP contribution < -0.4 is 15.1 Å². The number of aryl methyl sites for hydroxylation is 1. The largest absolute Gasteiger partial charge is 0.365 e. The van der Waals surface area contributed by atoms with E-state index in [1.54, 1.807) is 0 Å². The Hall–Kier alpha value is -2.86. The van der Waals surface area contributed by atoms with Gasteiger partial charge in [-0.05, 0) is 56.8 Å². The fourth-order valence-electron chi connectivity index (χ4n) is 6.31. The molecule has 2 aromatic carbocycles. The summed E-state index contributed by atoms with van der Waals surface area (Å²) in [5.74, 6) is 2.12. The number of nitriles is 1. The van der Waals surface area contributed by atoms with E-state index in [-0.39, 0.29) is 6.04 Å². The van der Waals surface area contributed by atoms with Gasteiger partial charge >= 0.3 is 0 Å². The third kappa shape index (κ3) is 5.07. The number of nitrogens with zero attached hydrogens (tertiary/aromatic N) is 6. The van der Waals surface area contributed by atoms with Crippen molar-refractivity contribution in [3.63, 3.8) is 0 Å². The Morgan fingerprint density at radius 2 is 1.97 bits per heavy atom. The Balaban J connectivity index is 1.34. The molecule has 1 unspecified atom stereocenters. The van der Waals surface area contributed by atoms with Crippen LogP contribution in [0.4, 0.5) is 11.5 Å². The second kappa shape index (κ2) is 11.1. The number of aromatic nitrogens is 2. The zero-order chi connectivity index (χ0) is 26.1. The molecule has 0 amide bonds. The lowest BCUT2D eigenvalue weighted by Gasteiger charge is -2.37. The molecule has 3 aromatic rings. The summed E-state index contributed by atoms with van der Waals surface area (Å²) >= 11 is 1.81. The maximum absolute atomic E-state index is 9.29. The number of hydrogen-bond acceptors (Lipinski definition) is 8. The van der Waals surface area contributed by atoms with Gasteiger partial charge < -0.3 is 20.0 Å². The Labute approximate surface area is 230 Å². The standard InChI is InChI=1S/C30H37N7S/c1-21-6-3-7-22-8-4-10-27(28(21)22)36-16-12-25-26(19-36)33-30(38-20-24-9-5-15-35(24)2)34-29(25)37-17-14-32-23(18-37)11-13-31/h3-4,6-8,10,23-24,32H,5,9,11-12,14-20H2,1-2H3/t23-,24?/m0/s1. The summed E-state index contributed by atoms with van der Waals surface area (Å²) in [7, 11) is 2.23. The Bertz CT molecular complexity index is 1350. The Morgan fingerprint density at radius 1 is 1.11 bits per heavy atom. The molecule has 4 heterocycles. The van der Waals surface area contributed by atoms with Crippen LogP contribution in [0.15, 0.2) is 41.6 Å². The van der Waals surface area contributed by atoms with Crippen LogP contribution in [0, 0.1) is 18.3 Å². The molecule has 0 aliphatic carbocycles. The molecule has 198 valence electrons. The molecule has 2 saturated heterocycles. The maximum Gasteiger partial charge on any atom is 0.189 e. The minimum atomic E-state index is 0.182. The number of thioether (sulfide) groups is 1. The number of hydrogen-bond donors (Lipinski definition) is 1. The van der Waals surface area contributed by atoms with E-state index in [2.05, 4.69) is 76.5 Å². The minimum absolute atomic E-state index is 0.182. The predicted molar refractivity (Wildman–Crippen MR) is 156 cm³/mol. The molecule has 3 aliphatic rings. The van der Waals surface area contributed by atoms with Crippen LogP contribution in [0.5, 0.6) is 0 Å². The predicted octanol–water partition coefficient (Wildman–Crippen LogP) is 4.38. The first-order chi connectivity index (χ1) is 18.6. The van der Waals surface area contributed by atoms with Gasteiger partial charge in [-0.3, -0.25) is 0 Å². The van der Waals surface area contributed by atoms with E-state index < -0.39 is 0 Å². The van der Waals surface area contributed by atoms with Crippen molar-refractivity contribution in [3.05, 3.63) is 53.2 Å². The molecular formula is C30H37N7S. The first-order valence-electron chi connectivity index (χ1n) is 13.9. The first kappa shape index (κ1) is 25.4. The van der Waals surface area contributed by atoms with Gasteiger partial charge in [0.25, 0.3) is 0 Å². The third-order valence-electron chi connectivity index (χ3n) is 8.42. The van der Waals surface area contributed by atoms with Crippen molar-refractivity contribution >= 4 is 34.0 Å². The van der Waals surface area contributed by atoms with Gasteiger partial charge in [-0.25, -0.2) is 9.97 Å². The Morgan fingerprint density at radius 3 is 2.79 bits per heavy atom. The third-order valence-corrected chi connectivity index (χ3v) is 9.42. The van der Waals surface area contributed by atoms with Crippen molar-refractivity contribution in [2.24, 2.45) is 0 Å². The lowest BCUT2D eigenvalue weighted by atomic mass is 9.99. The molecule has 0 radical (unpaired) electrons. The zero-order valence-electron chi connectivity index (χ0n) is 22.5. The minimum Gasteiger partial charge on any atom is -0.365 e. The summed E-state index contributed by atoms with van der Waals surface area (Å²) in [6.45, 7) is 7.74. The topological polar surface area (TPSA) is 71.3 Å². The lowest BCUT2D eigenvalue weighted by Crippen LogP contribution is -2.51. The summed E-state index contributed by atoms with van der Waals surface area (Å²) < 4.78 is 0. The van der Waals surface area contributed by atoms with Crippen LogP contribution in [-0.4, -0.2) is 72.5 Å². The van der Waals surface area contributed by atoms with Crippen LogP contribution in [-0.2, 0) is 13.0 Å². The number of likely N-dealkylation sites (tertiary alicyclic amines) is 1. The summed E-state index contributed by atoms with van der Waals surface area (Å²) in [6, 6.07) is 16.3.